The van der Waals surface area contributed by atoms with Crippen LogP contribution in [-0.2, 0) is 36.8 Å². The summed E-state index contributed by atoms with van der Waals surface area (Å²) in [6, 6.07) is 22.9. The highest BCUT2D eigenvalue weighted by Gasteiger charge is 2.33. The van der Waals surface area contributed by atoms with Gasteiger partial charge in [0.25, 0.3) is 5.91 Å². The lowest BCUT2D eigenvalue weighted by Gasteiger charge is -2.30. The first-order valence-electron chi connectivity index (χ1n) is 18.7. The van der Waals surface area contributed by atoms with E-state index in [2.05, 4.69) is 47.1 Å². The third kappa shape index (κ3) is 9.73. The van der Waals surface area contributed by atoms with E-state index in [9.17, 15) is 24.0 Å². The third-order valence-electron chi connectivity index (χ3n) is 9.99. The third-order valence-corrected chi connectivity index (χ3v) is 9.99. The second-order valence-electron chi connectivity index (χ2n) is 13.8. The molecular formula is C44H50N4O8. The molecule has 0 saturated carbocycles. The summed E-state index contributed by atoms with van der Waals surface area (Å²) < 4.78 is 16.4. The average molecular weight is 763 g/mol. The first-order valence-corrected chi connectivity index (χ1v) is 18.7. The van der Waals surface area contributed by atoms with Crippen molar-refractivity contribution < 1.29 is 38.2 Å². The standard InChI is InChI=1S/C44H50N4O8/c1-7-8-9-28-10-13-30(14-11-28)31-15-17-32(18-16-31)42(51)45-23-22-39(49)48(3)40-33-19-21-38(55-5)35(26-33)34-24-29(12-20-37(34)54-4)25-36(44(53)56-6)47-41(50)27(2)46-43(40)52/h10-21,24,26-27,36,40H,7-9,22-23,25H2,1-6H3,(H,45,51)(H,46,52)(H,47,50). The summed E-state index contributed by atoms with van der Waals surface area (Å²) >= 11 is 0. The van der Waals surface area contributed by atoms with Crippen LogP contribution in [0.25, 0.3) is 22.3 Å². The van der Waals surface area contributed by atoms with E-state index >= 15 is 0 Å². The molecule has 0 saturated heterocycles. The van der Waals surface area contributed by atoms with Gasteiger partial charge in [-0.1, -0.05) is 61.9 Å². The van der Waals surface area contributed by atoms with Crippen LogP contribution in [0.3, 0.4) is 0 Å². The average Bonchev–Trinajstić information content (AvgIpc) is 3.22. The fourth-order valence-electron chi connectivity index (χ4n) is 6.74. The Kier molecular flexibility index (Phi) is 13.9. The molecule has 3 N–H and O–H groups in total. The van der Waals surface area contributed by atoms with Gasteiger partial charge in [-0.2, -0.15) is 0 Å². The van der Waals surface area contributed by atoms with E-state index in [0.29, 0.717) is 39.3 Å². The largest absolute Gasteiger partial charge is 0.496 e. The molecule has 1 aliphatic heterocycles. The summed E-state index contributed by atoms with van der Waals surface area (Å²) in [4.78, 5) is 68.3. The van der Waals surface area contributed by atoms with Crippen molar-refractivity contribution >= 4 is 29.6 Å². The molecular weight excluding hydrogens is 713 g/mol. The van der Waals surface area contributed by atoms with Crippen molar-refractivity contribution in [2.24, 2.45) is 0 Å². The van der Waals surface area contributed by atoms with E-state index in [-0.39, 0.29) is 25.3 Å². The molecule has 4 aromatic rings. The van der Waals surface area contributed by atoms with Crippen molar-refractivity contribution in [3.05, 3.63) is 107 Å². The summed E-state index contributed by atoms with van der Waals surface area (Å²) in [7, 11) is 5.77. The second-order valence-corrected chi connectivity index (χ2v) is 13.8. The smallest absolute Gasteiger partial charge is 0.328 e. The van der Waals surface area contributed by atoms with E-state index in [0.717, 1.165) is 30.4 Å². The van der Waals surface area contributed by atoms with Gasteiger partial charge >= 0.3 is 5.97 Å². The van der Waals surface area contributed by atoms with Crippen LogP contribution in [0.15, 0.2) is 84.9 Å². The Morgan fingerprint density at radius 2 is 1.43 bits per heavy atom. The molecule has 12 heteroatoms. The minimum atomic E-state index is -1.19. The number of amides is 4. The molecule has 0 aromatic heterocycles. The van der Waals surface area contributed by atoms with Gasteiger partial charge in [-0.25, -0.2) is 4.79 Å². The van der Waals surface area contributed by atoms with Crippen molar-refractivity contribution in [3.63, 3.8) is 0 Å². The summed E-state index contributed by atoms with van der Waals surface area (Å²) in [5.41, 5.74) is 6.12. The topological polar surface area (TPSA) is 152 Å². The van der Waals surface area contributed by atoms with Crippen molar-refractivity contribution in [2.75, 3.05) is 34.9 Å². The highest BCUT2D eigenvalue weighted by Crippen LogP contribution is 2.39. The highest BCUT2D eigenvalue weighted by molar-refractivity contribution is 5.96. The number of nitrogens with one attached hydrogen (secondary N) is 3. The van der Waals surface area contributed by atoms with Crippen LogP contribution in [0.4, 0.5) is 0 Å². The van der Waals surface area contributed by atoms with Gasteiger partial charge in [0, 0.05) is 43.1 Å². The van der Waals surface area contributed by atoms with Crippen molar-refractivity contribution in [1.29, 1.82) is 0 Å². The van der Waals surface area contributed by atoms with Gasteiger partial charge in [-0.3, -0.25) is 19.2 Å². The van der Waals surface area contributed by atoms with Gasteiger partial charge in [-0.15, -0.1) is 0 Å². The van der Waals surface area contributed by atoms with Gasteiger partial charge < -0.3 is 35.1 Å². The molecule has 1 heterocycles. The van der Waals surface area contributed by atoms with Crippen LogP contribution >= 0.6 is 0 Å². The van der Waals surface area contributed by atoms with E-state index in [4.69, 9.17) is 14.2 Å². The molecule has 12 nitrogen and oxygen atoms in total. The molecule has 0 radical (unpaired) electrons. The Morgan fingerprint density at radius 1 is 0.804 bits per heavy atom. The highest BCUT2D eigenvalue weighted by atomic mass is 16.5. The molecule has 1 aliphatic rings. The number of hydrogen-bond acceptors (Lipinski definition) is 8. The van der Waals surface area contributed by atoms with Crippen LogP contribution in [0, 0.1) is 0 Å². The number of rotatable bonds is 12. The Bertz CT molecular complexity index is 2050. The number of methoxy groups -OCH3 is 3. The fourth-order valence-corrected chi connectivity index (χ4v) is 6.74. The lowest BCUT2D eigenvalue weighted by Crippen LogP contribution is -2.53. The number of hydrogen-bond donors (Lipinski definition) is 3. The second kappa shape index (κ2) is 18.9. The van der Waals surface area contributed by atoms with Gasteiger partial charge in [0.15, 0.2) is 0 Å². The molecule has 3 unspecified atom stereocenters. The predicted octanol–water partition coefficient (Wildman–Crippen LogP) is 5.42. The Hall–Kier alpha value is -6.17. The molecule has 0 spiro atoms. The van der Waals surface area contributed by atoms with Crippen molar-refractivity contribution in [2.45, 2.75) is 64.1 Å². The molecule has 0 aliphatic carbocycles. The van der Waals surface area contributed by atoms with E-state index in [1.165, 1.54) is 45.8 Å². The molecule has 3 atom stereocenters. The zero-order valence-corrected chi connectivity index (χ0v) is 32.8. The van der Waals surface area contributed by atoms with Gasteiger partial charge in [0.2, 0.25) is 17.7 Å². The Morgan fingerprint density at radius 3 is 2.05 bits per heavy atom. The molecule has 0 fully saturated rings. The predicted molar refractivity (Wildman–Crippen MR) is 213 cm³/mol. The fraction of sp³-hybridized carbons (Fsp3) is 0.341. The van der Waals surface area contributed by atoms with Crippen LogP contribution in [0.1, 0.15) is 66.2 Å². The molecule has 294 valence electrons. The van der Waals surface area contributed by atoms with E-state index in [1.54, 1.807) is 42.5 Å². The minimum absolute atomic E-state index is 0.0168. The minimum Gasteiger partial charge on any atom is -0.496 e. The number of carbonyl (C=O) groups excluding carboxylic acids is 5. The van der Waals surface area contributed by atoms with Gasteiger partial charge in [0.05, 0.1) is 21.3 Å². The molecule has 4 amide bonds. The summed E-state index contributed by atoms with van der Waals surface area (Å²) in [5, 5.41) is 8.22. The first kappa shape index (κ1) is 41.0. The van der Waals surface area contributed by atoms with Crippen LogP contribution < -0.4 is 25.4 Å². The normalized spacial score (nSPS) is 16.7. The number of esters is 1. The van der Waals surface area contributed by atoms with Crippen LogP contribution in [0.5, 0.6) is 11.5 Å². The zero-order valence-electron chi connectivity index (χ0n) is 32.8. The van der Waals surface area contributed by atoms with Gasteiger partial charge in [0.1, 0.15) is 29.6 Å². The number of ether oxygens (including phenoxy) is 3. The maximum absolute atomic E-state index is 14.1. The van der Waals surface area contributed by atoms with E-state index in [1.807, 2.05) is 18.2 Å². The number of carbonyl (C=O) groups is 5. The monoisotopic (exact) mass is 762 g/mol. The summed E-state index contributed by atoms with van der Waals surface area (Å²) in [6.45, 7) is 3.68. The number of fused-ring (bicyclic) bond motifs is 5. The summed E-state index contributed by atoms with van der Waals surface area (Å²) in [5.74, 6) is -1.69. The number of unbranched alkanes of at least 4 members (excludes halogenated alkanes) is 1. The number of benzene rings is 4. The maximum Gasteiger partial charge on any atom is 0.328 e. The molecule has 5 rings (SSSR count). The SMILES string of the molecule is CCCCc1ccc(-c2ccc(C(=O)NCCC(=O)N(C)C3C(=O)NC(C)C(=O)NC(C(=O)OC)Cc4ccc(OC)c(c4)-c4cc3ccc4OC)cc2)cc1. The zero-order chi connectivity index (χ0) is 40.4. The Labute approximate surface area is 327 Å². The molecule has 4 aromatic carbocycles. The van der Waals surface area contributed by atoms with Crippen LogP contribution in [0.2, 0.25) is 0 Å². The quantitative estimate of drug-likeness (QED) is 0.162. The summed E-state index contributed by atoms with van der Waals surface area (Å²) in [6.07, 6.45) is 3.34. The number of nitrogens with zero attached hydrogens (tertiary/aromatic N) is 1. The first-order chi connectivity index (χ1) is 27.0. The molecule has 56 heavy (non-hydrogen) atoms. The maximum atomic E-state index is 14.1. The van der Waals surface area contributed by atoms with E-state index < -0.39 is 41.8 Å². The van der Waals surface area contributed by atoms with Crippen molar-refractivity contribution in [3.8, 4) is 33.8 Å². The van der Waals surface area contributed by atoms with Crippen molar-refractivity contribution in [1.82, 2.24) is 20.9 Å². The van der Waals surface area contributed by atoms with Crippen LogP contribution in [-0.4, -0.2) is 81.5 Å². The van der Waals surface area contributed by atoms with Gasteiger partial charge in [-0.05, 0) is 84.0 Å². The number of aryl methyl sites for hydroxylation is 1. The Balaban J connectivity index is 1.36. The molecule has 4 bridgehead atoms. The number of likely N-dealkylation sites (N-methyl/N-ethyl adjacent to an activating group) is 1. The lowest BCUT2D eigenvalue weighted by molar-refractivity contribution is -0.145. The lowest BCUT2D eigenvalue weighted by atomic mass is 9.93.